The second-order valence-electron chi connectivity index (χ2n) is 6.39. The summed E-state index contributed by atoms with van der Waals surface area (Å²) in [5.41, 5.74) is 4.11. The Labute approximate surface area is 131 Å². The first kappa shape index (κ1) is 15.1. The number of aromatic amines is 1. The number of nitrogens with one attached hydrogen (secondary N) is 1. The van der Waals surface area contributed by atoms with Crippen molar-refractivity contribution >= 4 is 16.8 Å². The van der Waals surface area contributed by atoms with Crippen LogP contribution in [0.4, 0.5) is 0 Å². The zero-order valence-electron chi connectivity index (χ0n) is 13.4. The van der Waals surface area contributed by atoms with Crippen LogP contribution in [0, 0.1) is 13.8 Å². The first-order chi connectivity index (χ1) is 10.6. The number of amides is 1. The molecule has 1 fully saturated rings. The highest BCUT2D eigenvalue weighted by Gasteiger charge is 2.29. The van der Waals surface area contributed by atoms with Gasteiger partial charge in [0, 0.05) is 30.1 Å². The molecule has 1 aromatic carbocycles. The Bertz CT molecular complexity index is 690. The molecule has 1 aliphatic rings. The van der Waals surface area contributed by atoms with Gasteiger partial charge in [-0.3, -0.25) is 4.79 Å². The molecule has 1 aromatic heterocycles. The number of nitrogens with zero attached hydrogens (tertiary/aromatic N) is 1. The van der Waals surface area contributed by atoms with E-state index in [0.717, 1.165) is 43.1 Å². The number of aliphatic hydroxyl groups excluding tert-OH is 1. The fourth-order valence-electron chi connectivity index (χ4n) is 3.60. The van der Waals surface area contributed by atoms with Crippen LogP contribution in [0.3, 0.4) is 0 Å². The fraction of sp³-hybridized carbons (Fsp3) is 0.500. The SMILES string of the molecule is Cc1cc(C)c2cc(C(=O)N3CCCC3CCCO)[nH]c2c1. The quantitative estimate of drug-likeness (QED) is 0.911. The Hall–Kier alpha value is -1.81. The summed E-state index contributed by atoms with van der Waals surface area (Å²) in [7, 11) is 0. The maximum absolute atomic E-state index is 12.8. The van der Waals surface area contributed by atoms with E-state index in [1.807, 2.05) is 11.0 Å². The number of benzene rings is 1. The molecule has 22 heavy (non-hydrogen) atoms. The van der Waals surface area contributed by atoms with Crippen molar-refractivity contribution in [2.75, 3.05) is 13.2 Å². The van der Waals surface area contributed by atoms with Crippen molar-refractivity contribution in [3.05, 3.63) is 35.0 Å². The maximum atomic E-state index is 12.8. The van der Waals surface area contributed by atoms with Gasteiger partial charge in [-0.25, -0.2) is 0 Å². The summed E-state index contributed by atoms with van der Waals surface area (Å²) < 4.78 is 0. The van der Waals surface area contributed by atoms with E-state index in [0.29, 0.717) is 5.69 Å². The Kier molecular flexibility index (Phi) is 4.21. The Balaban J connectivity index is 1.87. The highest BCUT2D eigenvalue weighted by Crippen LogP contribution is 2.26. The lowest BCUT2D eigenvalue weighted by Gasteiger charge is -2.24. The molecule has 0 aliphatic carbocycles. The van der Waals surface area contributed by atoms with E-state index in [1.54, 1.807) is 0 Å². The molecule has 118 valence electrons. The van der Waals surface area contributed by atoms with Crippen molar-refractivity contribution in [3.8, 4) is 0 Å². The highest BCUT2D eigenvalue weighted by atomic mass is 16.3. The molecule has 1 saturated heterocycles. The van der Waals surface area contributed by atoms with Crippen molar-refractivity contribution < 1.29 is 9.90 Å². The Morgan fingerprint density at radius 1 is 1.36 bits per heavy atom. The van der Waals surface area contributed by atoms with Crippen LogP contribution >= 0.6 is 0 Å². The maximum Gasteiger partial charge on any atom is 0.270 e. The number of hydrogen-bond donors (Lipinski definition) is 2. The number of aromatic nitrogens is 1. The first-order valence-electron chi connectivity index (χ1n) is 8.12. The summed E-state index contributed by atoms with van der Waals surface area (Å²) in [6.45, 7) is 5.17. The van der Waals surface area contributed by atoms with Gasteiger partial charge in [-0.05, 0) is 62.8 Å². The third-order valence-corrected chi connectivity index (χ3v) is 4.65. The van der Waals surface area contributed by atoms with E-state index in [2.05, 4.69) is 31.0 Å². The van der Waals surface area contributed by atoms with Gasteiger partial charge in [-0.1, -0.05) is 6.07 Å². The molecule has 4 heteroatoms. The number of fused-ring (bicyclic) bond motifs is 1. The molecule has 1 unspecified atom stereocenters. The largest absolute Gasteiger partial charge is 0.396 e. The second-order valence-corrected chi connectivity index (χ2v) is 6.39. The third kappa shape index (κ3) is 2.75. The van der Waals surface area contributed by atoms with Crippen molar-refractivity contribution in [1.29, 1.82) is 0 Å². The van der Waals surface area contributed by atoms with E-state index in [4.69, 9.17) is 5.11 Å². The van der Waals surface area contributed by atoms with Gasteiger partial charge in [0.05, 0.1) is 0 Å². The number of rotatable bonds is 4. The monoisotopic (exact) mass is 300 g/mol. The second kappa shape index (κ2) is 6.13. The predicted molar refractivity (Wildman–Crippen MR) is 88.2 cm³/mol. The van der Waals surface area contributed by atoms with Gasteiger partial charge in [-0.2, -0.15) is 0 Å². The van der Waals surface area contributed by atoms with Gasteiger partial charge in [0.2, 0.25) is 0 Å². The van der Waals surface area contributed by atoms with E-state index < -0.39 is 0 Å². The van der Waals surface area contributed by atoms with Crippen LogP contribution in [-0.2, 0) is 0 Å². The number of likely N-dealkylation sites (tertiary alicyclic amines) is 1. The lowest BCUT2D eigenvalue weighted by Crippen LogP contribution is -2.35. The van der Waals surface area contributed by atoms with Crippen LogP contribution < -0.4 is 0 Å². The van der Waals surface area contributed by atoms with Crippen molar-refractivity contribution in [2.45, 2.75) is 45.6 Å². The number of H-pyrrole nitrogens is 1. The van der Waals surface area contributed by atoms with E-state index >= 15 is 0 Å². The predicted octanol–water partition coefficient (Wildman–Crippen LogP) is 3.16. The molecular formula is C18H24N2O2. The molecule has 0 radical (unpaired) electrons. The number of hydrogen-bond acceptors (Lipinski definition) is 2. The van der Waals surface area contributed by atoms with Crippen LogP contribution in [0.15, 0.2) is 18.2 Å². The number of carbonyl (C=O) groups excluding carboxylic acids is 1. The van der Waals surface area contributed by atoms with E-state index in [1.165, 1.54) is 11.1 Å². The van der Waals surface area contributed by atoms with E-state index in [-0.39, 0.29) is 18.6 Å². The standard InChI is InChI=1S/C18H24N2O2/c1-12-9-13(2)15-11-17(19-16(15)10-12)18(22)20-7-3-5-14(20)6-4-8-21/h9-11,14,19,21H,3-8H2,1-2H3. The average Bonchev–Trinajstić information content (AvgIpc) is 3.10. The zero-order chi connectivity index (χ0) is 15.7. The van der Waals surface area contributed by atoms with Gasteiger partial charge < -0.3 is 15.0 Å². The molecule has 1 amide bonds. The minimum absolute atomic E-state index is 0.0914. The summed E-state index contributed by atoms with van der Waals surface area (Å²) in [4.78, 5) is 18.1. The minimum Gasteiger partial charge on any atom is -0.396 e. The highest BCUT2D eigenvalue weighted by molar-refractivity contribution is 5.99. The van der Waals surface area contributed by atoms with Crippen LogP contribution in [0.5, 0.6) is 0 Å². The topological polar surface area (TPSA) is 56.3 Å². The Morgan fingerprint density at radius 2 is 2.18 bits per heavy atom. The summed E-state index contributed by atoms with van der Waals surface area (Å²) in [6.07, 6.45) is 3.75. The first-order valence-corrected chi connectivity index (χ1v) is 8.12. The van der Waals surface area contributed by atoms with Crippen molar-refractivity contribution in [1.82, 2.24) is 9.88 Å². The molecule has 2 heterocycles. The van der Waals surface area contributed by atoms with Gasteiger partial charge in [0.1, 0.15) is 5.69 Å². The third-order valence-electron chi connectivity index (χ3n) is 4.65. The minimum atomic E-state index is 0.0914. The van der Waals surface area contributed by atoms with Crippen molar-refractivity contribution in [3.63, 3.8) is 0 Å². The normalized spacial score (nSPS) is 18.3. The van der Waals surface area contributed by atoms with Gasteiger partial charge in [0.15, 0.2) is 0 Å². The molecule has 1 atom stereocenters. The Morgan fingerprint density at radius 3 is 2.95 bits per heavy atom. The molecule has 0 spiro atoms. The molecule has 3 rings (SSSR count). The van der Waals surface area contributed by atoms with E-state index in [9.17, 15) is 4.79 Å². The van der Waals surface area contributed by atoms with Crippen LogP contribution in [0.1, 0.15) is 47.3 Å². The van der Waals surface area contributed by atoms with Gasteiger partial charge in [-0.15, -0.1) is 0 Å². The summed E-state index contributed by atoms with van der Waals surface area (Å²) in [6, 6.07) is 6.48. The number of carbonyl (C=O) groups is 1. The summed E-state index contributed by atoms with van der Waals surface area (Å²) in [5, 5.41) is 10.1. The molecular weight excluding hydrogens is 276 g/mol. The molecule has 2 N–H and O–H groups in total. The molecule has 2 aromatic rings. The lowest BCUT2D eigenvalue weighted by molar-refractivity contribution is 0.0719. The number of aliphatic hydroxyl groups is 1. The zero-order valence-corrected chi connectivity index (χ0v) is 13.4. The summed E-state index contributed by atoms with van der Waals surface area (Å²) in [5.74, 6) is 0.0914. The van der Waals surface area contributed by atoms with Crippen LogP contribution in [-0.4, -0.2) is 40.1 Å². The van der Waals surface area contributed by atoms with Crippen LogP contribution in [0.25, 0.3) is 10.9 Å². The van der Waals surface area contributed by atoms with Crippen LogP contribution in [0.2, 0.25) is 0 Å². The van der Waals surface area contributed by atoms with Crippen molar-refractivity contribution in [2.24, 2.45) is 0 Å². The molecule has 0 saturated carbocycles. The average molecular weight is 300 g/mol. The molecule has 0 bridgehead atoms. The van der Waals surface area contributed by atoms with Gasteiger partial charge >= 0.3 is 0 Å². The number of aryl methyl sites for hydroxylation is 2. The lowest BCUT2D eigenvalue weighted by atomic mass is 10.1. The smallest absolute Gasteiger partial charge is 0.270 e. The molecule has 4 nitrogen and oxygen atoms in total. The summed E-state index contributed by atoms with van der Waals surface area (Å²) >= 11 is 0. The van der Waals surface area contributed by atoms with Gasteiger partial charge in [0.25, 0.3) is 5.91 Å². The fourth-order valence-corrected chi connectivity index (χ4v) is 3.60. The molecule has 1 aliphatic heterocycles.